The molecule has 1 atom stereocenters. The molecule has 0 N–H and O–H groups in total. The fourth-order valence-electron chi connectivity index (χ4n) is 4.65. The highest BCUT2D eigenvalue weighted by molar-refractivity contribution is 9.10. The zero-order chi connectivity index (χ0) is 24.9. The third-order valence-electron chi connectivity index (χ3n) is 6.37. The summed E-state index contributed by atoms with van der Waals surface area (Å²) in [5, 5.41) is 0.858. The van der Waals surface area contributed by atoms with Crippen LogP contribution in [0.15, 0.2) is 76.1 Å². The van der Waals surface area contributed by atoms with Gasteiger partial charge in [0.25, 0.3) is 15.9 Å². The summed E-state index contributed by atoms with van der Waals surface area (Å²) in [6.45, 7) is 6.11. The molecule has 0 saturated carbocycles. The van der Waals surface area contributed by atoms with E-state index in [2.05, 4.69) is 28.9 Å². The molecule has 0 aliphatic carbocycles. The van der Waals surface area contributed by atoms with Crippen molar-refractivity contribution in [1.29, 1.82) is 0 Å². The Labute approximate surface area is 218 Å². The number of aryl methyl sites for hydroxylation is 1. The number of fused-ring (bicyclic) bond motifs is 2. The number of halogens is 1. The predicted molar refractivity (Wildman–Crippen MR) is 147 cm³/mol. The van der Waals surface area contributed by atoms with Gasteiger partial charge in [-0.2, -0.15) is 0 Å². The first-order valence-corrected chi connectivity index (χ1v) is 14.5. The van der Waals surface area contributed by atoms with E-state index in [0.717, 1.165) is 37.8 Å². The zero-order valence-electron chi connectivity index (χ0n) is 19.7. The van der Waals surface area contributed by atoms with Gasteiger partial charge in [-0.25, -0.2) is 8.42 Å². The summed E-state index contributed by atoms with van der Waals surface area (Å²) in [6.07, 6.45) is 0.817. The van der Waals surface area contributed by atoms with Crippen molar-refractivity contribution in [1.82, 2.24) is 0 Å². The van der Waals surface area contributed by atoms with Crippen LogP contribution in [0.1, 0.15) is 34.6 Å². The fourth-order valence-corrected chi connectivity index (χ4v) is 7.50. The molecule has 1 aliphatic rings. The molecule has 35 heavy (non-hydrogen) atoms. The van der Waals surface area contributed by atoms with Crippen LogP contribution in [0.5, 0.6) is 0 Å². The molecule has 0 spiro atoms. The smallest absolute Gasteiger partial charge is 0.268 e. The third kappa shape index (κ3) is 4.28. The number of amides is 1. The van der Waals surface area contributed by atoms with Crippen LogP contribution in [0.4, 0.5) is 11.4 Å². The van der Waals surface area contributed by atoms with Crippen molar-refractivity contribution in [2.45, 2.75) is 38.1 Å². The van der Waals surface area contributed by atoms with Crippen LogP contribution in [-0.4, -0.2) is 26.9 Å². The van der Waals surface area contributed by atoms with Gasteiger partial charge in [0.2, 0.25) is 0 Å². The Bertz CT molecular complexity index is 1540. The number of nitrogens with zero attached hydrogens (tertiary/aromatic N) is 2. The lowest BCUT2D eigenvalue weighted by Crippen LogP contribution is -2.35. The van der Waals surface area contributed by atoms with Crippen molar-refractivity contribution < 1.29 is 13.2 Å². The molecule has 0 fully saturated rings. The molecule has 180 valence electrons. The maximum absolute atomic E-state index is 13.5. The Hall–Kier alpha value is -2.68. The maximum atomic E-state index is 13.5. The second-order valence-electron chi connectivity index (χ2n) is 8.82. The quantitative estimate of drug-likeness (QED) is 0.266. The van der Waals surface area contributed by atoms with E-state index < -0.39 is 10.0 Å². The Morgan fingerprint density at radius 1 is 1.09 bits per heavy atom. The Balaban J connectivity index is 1.49. The van der Waals surface area contributed by atoms with E-state index in [1.165, 1.54) is 15.6 Å². The molecule has 0 radical (unpaired) electrons. The number of thiophene rings is 1. The van der Waals surface area contributed by atoms with Crippen LogP contribution >= 0.6 is 27.3 Å². The van der Waals surface area contributed by atoms with Gasteiger partial charge in [-0.3, -0.25) is 9.10 Å². The molecule has 5 rings (SSSR count). The summed E-state index contributed by atoms with van der Waals surface area (Å²) in [4.78, 5) is 16.3. The Kier molecular flexibility index (Phi) is 6.23. The number of anilines is 2. The first-order chi connectivity index (χ1) is 16.7. The van der Waals surface area contributed by atoms with Gasteiger partial charge in [-0.15, -0.1) is 11.3 Å². The molecule has 0 saturated heterocycles. The SMILES string of the molecule is CCN(c1ccc2sc(C(=O)N3c4ccc(Br)cc4C[C@H]3C)cc2c1)S(=O)(=O)c1ccc(C)cc1. The topological polar surface area (TPSA) is 57.7 Å². The van der Waals surface area contributed by atoms with Crippen LogP contribution in [-0.2, 0) is 16.4 Å². The lowest BCUT2D eigenvalue weighted by atomic mass is 10.1. The third-order valence-corrected chi connectivity index (χ3v) is 9.89. The van der Waals surface area contributed by atoms with Gasteiger partial charge in [0.05, 0.1) is 15.5 Å². The molecule has 0 unspecified atom stereocenters. The van der Waals surface area contributed by atoms with Crippen LogP contribution in [0.25, 0.3) is 10.1 Å². The number of sulfonamides is 1. The van der Waals surface area contributed by atoms with E-state index in [1.807, 2.05) is 55.1 Å². The summed E-state index contributed by atoms with van der Waals surface area (Å²) in [6, 6.07) is 20.4. The number of hydrogen-bond acceptors (Lipinski definition) is 4. The molecular weight excluding hydrogens is 544 g/mol. The largest absolute Gasteiger partial charge is 0.304 e. The molecule has 2 heterocycles. The van der Waals surface area contributed by atoms with Crippen molar-refractivity contribution in [3.63, 3.8) is 0 Å². The van der Waals surface area contributed by atoms with E-state index in [0.29, 0.717) is 17.1 Å². The maximum Gasteiger partial charge on any atom is 0.268 e. The molecule has 3 aromatic carbocycles. The first-order valence-electron chi connectivity index (χ1n) is 11.4. The van der Waals surface area contributed by atoms with Crippen LogP contribution in [0.2, 0.25) is 0 Å². The fraction of sp³-hybridized carbons (Fsp3) is 0.222. The Morgan fingerprint density at radius 3 is 2.54 bits per heavy atom. The van der Waals surface area contributed by atoms with Gasteiger partial charge < -0.3 is 4.90 Å². The first kappa shape index (κ1) is 24.0. The number of rotatable bonds is 5. The predicted octanol–water partition coefficient (Wildman–Crippen LogP) is 6.78. The van der Waals surface area contributed by atoms with E-state index in [4.69, 9.17) is 0 Å². The van der Waals surface area contributed by atoms with Crippen LogP contribution in [0.3, 0.4) is 0 Å². The minimum atomic E-state index is -3.70. The summed E-state index contributed by atoms with van der Waals surface area (Å²) in [7, 11) is -3.70. The normalized spacial score (nSPS) is 15.4. The van der Waals surface area contributed by atoms with Gasteiger partial charge >= 0.3 is 0 Å². The van der Waals surface area contributed by atoms with E-state index in [1.54, 1.807) is 24.3 Å². The minimum Gasteiger partial charge on any atom is -0.304 e. The molecular formula is C27H25BrN2O3S2. The molecule has 5 nitrogen and oxygen atoms in total. The molecule has 1 aliphatic heterocycles. The average Bonchev–Trinajstić information content (AvgIpc) is 3.38. The van der Waals surface area contributed by atoms with Crippen LogP contribution < -0.4 is 9.21 Å². The number of hydrogen-bond donors (Lipinski definition) is 0. The second-order valence-corrected chi connectivity index (χ2v) is 12.7. The van der Waals surface area contributed by atoms with Gasteiger partial charge in [-0.1, -0.05) is 33.6 Å². The summed E-state index contributed by atoms with van der Waals surface area (Å²) in [5.74, 6) is -0.0269. The van der Waals surface area contributed by atoms with Gasteiger partial charge in [0, 0.05) is 27.4 Å². The van der Waals surface area contributed by atoms with Gasteiger partial charge in [0.15, 0.2) is 0 Å². The van der Waals surface area contributed by atoms with Crippen LogP contribution in [0, 0.1) is 6.92 Å². The minimum absolute atomic E-state index is 0.0269. The van der Waals surface area contributed by atoms with Gasteiger partial charge in [0.1, 0.15) is 0 Å². The number of benzene rings is 3. The molecule has 4 aromatic rings. The summed E-state index contributed by atoms with van der Waals surface area (Å²) >= 11 is 4.96. The Morgan fingerprint density at radius 2 is 1.83 bits per heavy atom. The van der Waals surface area contributed by atoms with E-state index in [9.17, 15) is 13.2 Å². The highest BCUT2D eigenvalue weighted by atomic mass is 79.9. The van der Waals surface area contributed by atoms with Crippen molar-refractivity contribution in [2.24, 2.45) is 0 Å². The van der Waals surface area contributed by atoms with Crippen molar-refractivity contribution in [2.75, 3.05) is 15.7 Å². The summed E-state index contributed by atoms with van der Waals surface area (Å²) in [5.41, 5.74) is 3.70. The second kappa shape index (κ2) is 9.08. The molecule has 1 amide bonds. The van der Waals surface area contributed by atoms with E-state index in [-0.39, 0.29) is 16.8 Å². The standard InChI is InChI=1S/C27H25BrN2O3S2/c1-4-29(35(32,33)23-9-5-17(2)6-10-23)22-8-12-25-20(15-22)16-26(34-25)27(31)30-18(3)13-19-14-21(28)7-11-24(19)30/h5-12,14-16,18H,4,13H2,1-3H3/t18-/m1/s1. The van der Waals surface area contributed by atoms with E-state index >= 15 is 0 Å². The highest BCUT2D eigenvalue weighted by Crippen LogP contribution is 2.38. The number of carbonyl (C=O) groups excluding carboxylic acids is 1. The van der Waals surface area contributed by atoms with Crippen molar-refractivity contribution in [3.05, 3.63) is 87.2 Å². The number of carbonyl (C=O) groups is 1. The lowest BCUT2D eigenvalue weighted by molar-refractivity contribution is 0.0985. The molecule has 0 bridgehead atoms. The molecule has 1 aromatic heterocycles. The van der Waals surface area contributed by atoms with Crippen molar-refractivity contribution in [3.8, 4) is 0 Å². The summed E-state index contributed by atoms with van der Waals surface area (Å²) < 4.78 is 30.0. The molecule has 8 heteroatoms. The average molecular weight is 570 g/mol. The zero-order valence-corrected chi connectivity index (χ0v) is 22.9. The van der Waals surface area contributed by atoms with Gasteiger partial charge in [-0.05, 0) is 92.7 Å². The lowest BCUT2D eigenvalue weighted by Gasteiger charge is -2.23. The highest BCUT2D eigenvalue weighted by Gasteiger charge is 2.32. The monoisotopic (exact) mass is 568 g/mol. The van der Waals surface area contributed by atoms with Crippen molar-refractivity contribution >= 4 is 64.7 Å².